The highest BCUT2D eigenvalue weighted by Gasteiger charge is 2.34. The van der Waals surface area contributed by atoms with Crippen molar-refractivity contribution in [2.75, 3.05) is 41.5 Å². The monoisotopic (exact) mass is 294 g/mol. The molecule has 2 atom stereocenters. The molecule has 2 rings (SSSR count). The summed E-state index contributed by atoms with van der Waals surface area (Å²) in [5.74, 6) is 2.24. The molecule has 2 unspecified atom stereocenters. The molecule has 5 nitrogen and oxygen atoms in total. The molecule has 0 saturated carbocycles. The topological polar surface area (TPSA) is 57.0 Å². The molecule has 1 aromatic rings. The van der Waals surface area contributed by atoms with E-state index in [1.54, 1.807) is 21.3 Å². The van der Waals surface area contributed by atoms with Crippen molar-refractivity contribution in [2.24, 2.45) is 11.7 Å². The number of ether oxygens (including phenoxy) is 3. The molecule has 1 heterocycles. The van der Waals surface area contributed by atoms with Gasteiger partial charge in [-0.05, 0) is 43.6 Å². The van der Waals surface area contributed by atoms with Gasteiger partial charge in [0.15, 0.2) is 0 Å². The van der Waals surface area contributed by atoms with Crippen molar-refractivity contribution in [2.45, 2.75) is 19.1 Å². The standard InChI is InChI=1S/C16H26N2O3/c1-18-9-12(8-17)5-13(18)16-14(20-3)6-11(10-19-2)7-15(16)21-4/h6-7,12-13H,5,8-10,17H2,1-4H3. The molecule has 0 amide bonds. The maximum absolute atomic E-state index is 5.84. The fourth-order valence-corrected chi connectivity index (χ4v) is 3.19. The van der Waals surface area contributed by atoms with Crippen LogP contribution in [0.15, 0.2) is 12.1 Å². The number of hydrogen-bond acceptors (Lipinski definition) is 5. The highest BCUT2D eigenvalue weighted by molar-refractivity contribution is 5.50. The largest absolute Gasteiger partial charge is 0.496 e. The van der Waals surface area contributed by atoms with E-state index in [9.17, 15) is 0 Å². The third-order valence-corrected chi connectivity index (χ3v) is 4.22. The van der Waals surface area contributed by atoms with E-state index in [0.717, 1.165) is 35.6 Å². The van der Waals surface area contributed by atoms with E-state index in [1.807, 2.05) is 12.1 Å². The summed E-state index contributed by atoms with van der Waals surface area (Å²) in [6.45, 7) is 2.26. The van der Waals surface area contributed by atoms with Crippen LogP contribution in [-0.4, -0.2) is 46.4 Å². The summed E-state index contributed by atoms with van der Waals surface area (Å²) in [4.78, 5) is 2.33. The lowest BCUT2D eigenvalue weighted by Crippen LogP contribution is -2.21. The predicted molar refractivity (Wildman–Crippen MR) is 82.8 cm³/mol. The van der Waals surface area contributed by atoms with Crippen molar-refractivity contribution >= 4 is 0 Å². The molecule has 1 saturated heterocycles. The molecule has 0 aromatic heterocycles. The first-order valence-electron chi connectivity index (χ1n) is 7.28. The Balaban J connectivity index is 2.41. The molecule has 0 bridgehead atoms. The van der Waals surface area contributed by atoms with Gasteiger partial charge in [-0.2, -0.15) is 0 Å². The minimum Gasteiger partial charge on any atom is -0.496 e. The molecule has 0 spiro atoms. The lowest BCUT2D eigenvalue weighted by atomic mass is 9.97. The summed E-state index contributed by atoms with van der Waals surface area (Å²) >= 11 is 0. The number of nitrogens with zero attached hydrogens (tertiary/aromatic N) is 1. The highest BCUT2D eigenvalue weighted by Crippen LogP contribution is 2.43. The maximum atomic E-state index is 5.84. The van der Waals surface area contributed by atoms with Crippen LogP contribution in [0.1, 0.15) is 23.6 Å². The summed E-state index contributed by atoms with van der Waals surface area (Å²) in [6.07, 6.45) is 1.03. The van der Waals surface area contributed by atoms with E-state index >= 15 is 0 Å². The van der Waals surface area contributed by atoms with Gasteiger partial charge in [0.05, 0.1) is 26.4 Å². The van der Waals surface area contributed by atoms with Crippen molar-refractivity contribution in [1.29, 1.82) is 0 Å². The zero-order valence-corrected chi connectivity index (χ0v) is 13.4. The predicted octanol–water partition coefficient (Wildman–Crippen LogP) is 1.80. The Labute approximate surface area is 127 Å². The van der Waals surface area contributed by atoms with Crippen LogP contribution in [-0.2, 0) is 11.3 Å². The van der Waals surface area contributed by atoms with E-state index in [2.05, 4.69) is 11.9 Å². The second kappa shape index (κ2) is 7.11. The Morgan fingerprint density at radius 3 is 2.24 bits per heavy atom. The molecule has 0 radical (unpaired) electrons. The summed E-state index contributed by atoms with van der Waals surface area (Å²) in [5, 5.41) is 0. The van der Waals surface area contributed by atoms with Crippen molar-refractivity contribution in [3.05, 3.63) is 23.3 Å². The first-order valence-corrected chi connectivity index (χ1v) is 7.28. The van der Waals surface area contributed by atoms with Crippen LogP contribution in [0.4, 0.5) is 0 Å². The lowest BCUT2D eigenvalue weighted by molar-refractivity contribution is 0.184. The van der Waals surface area contributed by atoms with Crippen LogP contribution < -0.4 is 15.2 Å². The molecule has 21 heavy (non-hydrogen) atoms. The summed E-state index contributed by atoms with van der Waals surface area (Å²) in [5.41, 5.74) is 7.99. The summed E-state index contributed by atoms with van der Waals surface area (Å²) < 4.78 is 16.4. The normalized spacial score (nSPS) is 22.5. The Morgan fingerprint density at radius 2 is 1.81 bits per heavy atom. The molecular weight excluding hydrogens is 268 g/mol. The number of hydrogen-bond donors (Lipinski definition) is 1. The average Bonchev–Trinajstić information content (AvgIpc) is 2.87. The molecule has 0 aliphatic carbocycles. The van der Waals surface area contributed by atoms with Crippen molar-refractivity contribution < 1.29 is 14.2 Å². The van der Waals surface area contributed by atoms with Crippen molar-refractivity contribution in [3.8, 4) is 11.5 Å². The van der Waals surface area contributed by atoms with Crippen LogP contribution in [0.2, 0.25) is 0 Å². The van der Waals surface area contributed by atoms with Gasteiger partial charge in [0.25, 0.3) is 0 Å². The van der Waals surface area contributed by atoms with E-state index in [-0.39, 0.29) is 6.04 Å². The van der Waals surface area contributed by atoms with Gasteiger partial charge in [0.2, 0.25) is 0 Å². The maximum Gasteiger partial charge on any atom is 0.127 e. The van der Waals surface area contributed by atoms with Crippen LogP contribution in [0, 0.1) is 5.92 Å². The zero-order chi connectivity index (χ0) is 15.4. The van der Waals surface area contributed by atoms with Crippen molar-refractivity contribution in [1.82, 2.24) is 4.90 Å². The van der Waals surface area contributed by atoms with Gasteiger partial charge in [-0.1, -0.05) is 0 Å². The van der Waals surface area contributed by atoms with Gasteiger partial charge in [0.1, 0.15) is 11.5 Å². The van der Waals surface area contributed by atoms with Crippen molar-refractivity contribution in [3.63, 3.8) is 0 Å². The number of methoxy groups -OCH3 is 3. The molecule has 118 valence electrons. The number of benzene rings is 1. The van der Waals surface area contributed by atoms with Crippen LogP contribution in [0.5, 0.6) is 11.5 Å². The molecule has 1 fully saturated rings. The SMILES string of the molecule is COCc1cc(OC)c(C2CC(CN)CN2C)c(OC)c1. The first-order chi connectivity index (χ1) is 10.1. The van der Waals surface area contributed by atoms with E-state index < -0.39 is 0 Å². The average molecular weight is 294 g/mol. The Hall–Kier alpha value is -1.30. The number of likely N-dealkylation sites (tertiary alicyclic amines) is 1. The molecule has 5 heteroatoms. The van der Waals surface area contributed by atoms with Crippen LogP contribution in [0.3, 0.4) is 0 Å². The number of rotatable bonds is 6. The third kappa shape index (κ3) is 3.31. The molecule has 1 aliphatic heterocycles. The summed E-state index contributed by atoms with van der Waals surface area (Å²) in [7, 11) is 7.21. The third-order valence-electron chi connectivity index (χ3n) is 4.22. The molecular formula is C16H26N2O3. The van der Waals surface area contributed by atoms with E-state index in [4.69, 9.17) is 19.9 Å². The quantitative estimate of drug-likeness (QED) is 0.867. The zero-order valence-electron chi connectivity index (χ0n) is 13.4. The highest BCUT2D eigenvalue weighted by atomic mass is 16.5. The Kier molecular flexibility index (Phi) is 5.45. The minimum absolute atomic E-state index is 0.278. The van der Waals surface area contributed by atoms with Crippen LogP contribution >= 0.6 is 0 Å². The first kappa shape index (κ1) is 16.1. The molecule has 1 aliphatic rings. The fourth-order valence-electron chi connectivity index (χ4n) is 3.19. The number of nitrogens with two attached hydrogens (primary N) is 1. The molecule has 1 aromatic carbocycles. The van der Waals surface area contributed by atoms with E-state index in [1.165, 1.54) is 0 Å². The van der Waals surface area contributed by atoms with E-state index in [0.29, 0.717) is 19.1 Å². The fraction of sp³-hybridized carbons (Fsp3) is 0.625. The second-order valence-electron chi connectivity index (χ2n) is 5.64. The smallest absolute Gasteiger partial charge is 0.127 e. The van der Waals surface area contributed by atoms with Gasteiger partial charge < -0.3 is 19.9 Å². The lowest BCUT2D eigenvalue weighted by Gasteiger charge is -2.24. The Morgan fingerprint density at radius 1 is 1.19 bits per heavy atom. The van der Waals surface area contributed by atoms with Gasteiger partial charge in [-0.3, -0.25) is 4.90 Å². The van der Waals surface area contributed by atoms with Gasteiger partial charge in [-0.15, -0.1) is 0 Å². The minimum atomic E-state index is 0.278. The Bertz CT molecular complexity index is 454. The second-order valence-corrected chi connectivity index (χ2v) is 5.64. The van der Waals surface area contributed by atoms with Gasteiger partial charge >= 0.3 is 0 Å². The summed E-state index contributed by atoms with van der Waals surface area (Å²) in [6, 6.07) is 4.34. The van der Waals surface area contributed by atoms with Gasteiger partial charge in [-0.25, -0.2) is 0 Å². The van der Waals surface area contributed by atoms with Crippen LogP contribution in [0.25, 0.3) is 0 Å². The van der Waals surface area contributed by atoms with Gasteiger partial charge in [0, 0.05) is 19.7 Å². The molecule has 2 N–H and O–H groups in total.